The second-order valence-electron chi connectivity index (χ2n) is 4.57. The number of fused-ring (bicyclic) bond motifs is 1. The molecule has 0 aliphatic carbocycles. The molecule has 1 unspecified atom stereocenters. The normalized spacial score (nSPS) is 21.9. The molecule has 1 aliphatic heterocycles. The van der Waals surface area contributed by atoms with E-state index in [2.05, 4.69) is 31.2 Å². The number of amides is 1. The summed E-state index contributed by atoms with van der Waals surface area (Å²) in [4.78, 5) is 21.2. The maximum absolute atomic E-state index is 12.2. The summed E-state index contributed by atoms with van der Waals surface area (Å²) < 4.78 is 0.941. The van der Waals surface area contributed by atoms with Gasteiger partial charge in [0.05, 0.1) is 25.6 Å². The molecule has 0 aromatic carbocycles. The standard InChI is InChI=1S/C12H9BrClN3OS/c1-12(10-7(14)2-9(13)19-10)3-8-6(11(18)17-12)4-15-5-16-8/h2,4-5H,3H2,1H3,(H,17,18). The van der Waals surface area contributed by atoms with Crippen molar-refractivity contribution in [2.24, 2.45) is 0 Å². The number of hydrogen-bond donors (Lipinski definition) is 1. The van der Waals surface area contributed by atoms with Gasteiger partial charge in [-0.3, -0.25) is 4.79 Å². The Kier molecular flexibility index (Phi) is 3.11. The molecule has 0 fully saturated rings. The zero-order valence-corrected chi connectivity index (χ0v) is 13.1. The monoisotopic (exact) mass is 357 g/mol. The Balaban J connectivity index is 2.09. The average Bonchev–Trinajstić information content (AvgIpc) is 2.69. The first-order valence-electron chi connectivity index (χ1n) is 5.56. The predicted octanol–water partition coefficient (Wildman–Crippen LogP) is 3.16. The third-order valence-corrected chi connectivity index (χ3v) is 5.42. The van der Waals surface area contributed by atoms with Crippen LogP contribution in [0, 0.1) is 0 Å². The van der Waals surface area contributed by atoms with E-state index >= 15 is 0 Å². The number of nitrogens with one attached hydrogen (secondary N) is 1. The Labute approximate surface area is 127 Å². The van der Waals surface area contributed by atoms with Gasteiger partial charge in [0.2, 0.25) is 0 Å². The molecule has 3 rings (SSSR count). The number of halogens is 2. The smallest absolute Gasteiger partial charge is 0.255 e. The molecule has 98 valence electrons. The first-order chi connectivity index (χ1) is 8.99. The summed E-state index contributed by atoms with van der Waals surface area (Å²) in [5.41, 5.74) is 0.750. The molecule has 0 saturated heterocycles. The van der Waals surface area contributed by atoms with E-state index in [1.165, 1.54) is 17.7 Å². The summed E-state index contributed by atoms with van der Waals surface area (Å²) in [6, 6.07) is 1.84. The first kappa shape index (κ1) is 13.0. The second-order valence-corrected chi connectivity index (χ2v) is 7.41. The van der Waals surface area contributed by atoms with Crippen LogP contribution in [-0.2, 0) is 12.0 Å². The summed E-state index contributed by atoms with van der Waals surface area (Å²) in [6.45, 7) is 1.96. The fourth-order valence-electron chi connectivity index (χ4n) is 2.24. The van der Waals surface area contributed by atoms with E-state index in [1.807, 2.05) is 13.0 Å². The van der Waals surface area contributed by atoms with Gasteiger partial charge in [-0.2, -0.15) is 0 Å². The third-order valence-electron chi connectivity index (χ3n) is 3.11. The highest BCUT2D eigenvalue weighted by Crippen LogP contribution is 2.41. The molecule has 1 N–H and O–H groups in total. The van der Waals surface area contributed by atoms with Gasteiger partial charge in [-0.1, -0.05) is 11.6 Å². The Morgan fingerprint density at radius 1 is 1.58 bits per heavy atom. The molecule has 1 atom stereocenters. The summed E-state index contributed by atoms with van der Waals surface area (Å²) in [5.74, 6) is -0.162. The fourth-order valence-corrected chi connectivity index (χ4v) is 4.46. The van der Waals surface area contributed by atoms with Gasteiger partial charge in [-0.05, 0) is 28.9 Å². The Hall–Kier alpha value is -0.980. The van der Waals surface area contributed by atoms with Crippen molar-refractivity contribution >= 4 is 44.8 Å². The molecule has 0 saturated carbocycles. The van der Waals surface area contributed by atoms with Crippen molar-refractivity contribution in [3.8, 4) is 0 Å². The second kappa shape index (κ2) is 4.54. The van der Waals surface area contributed by atoms with Crippen molar-refractivity contribution in [2.45, 2.75) is 18.9 Å². The molecule has 0 spiro atoms. The van der Waals surface area contributed by atoms with Crippen molar-refractivity contribution in [2.75, 3.05) is 0 Å². The third kappa shape index (κ3) is 2.17. The van der Waals surface area contributed by atoms with E-state index in [9.17, 15) is 4.79 Å². The van der Waals surface area contributed by atoms with E-state index in [0.717, 1.165) is 14.4 Å². The molecule has 19 heavy (non-hydrogen) atoms. The minimum Gasteiger partial charge on any atom is -0.341 e. The predicted molar refractivity (Wildman–Crippen MR) is 77.6 cm³/mol. The molecule has 2 aromatic heterocycles. The van der Waals surface area contributed by atoms with Crippen molar-refractivity contribution < 1.29 is 4.79 Å². The van der Waals surface area contributed by atoms with Gasteiger partial charge < -0.3 is 5.32 Å². The largest absolute Gasteiger partial charge is 0.341 e. The van der Waals surface area contributed by atoms with Crippen LogP contribution >= 0.6 is 38.9 Å². The first-order valence-corrected chi connectivity index (χ1v) is 7.55. The van der Waals surface area contributed by atoms with Crippen LogP contribution < -0.4 is 5.32 Å². The molecule has 0 radical (unpaired) electrons. The number of carbonyl (C=O) groups excluding carboxylic acids is 1. The number of rotatable bonds is 1. The summed E-state index contributed by atoms with van der Waals surface area (Å²) in [7, 11) is 0. The molecule has 0 bridgehead atoms. The summed E-state index contributed by atoms with van der Waals surface area (Å²) >= 11 is 11.2. The number of aromatic nitrogens is 2. The zero-order valence-electron chi connectivity index (χ0n) is 9.91. The maximum atomic E-state index is 12.2. The molecule has 2 aromatic rings. The molecule has 3 heterocycles. The highest BCUT2D eigenvalue weighted by molar-refractivity contribution is 9.11. The Morgan fingerprint density at radius 2 is 2.37 bits per heavy atom. The molecule has 7 heteroatoms. The van der Waals surface area contributed by atoms with Crippen molar-refractivity contribution in [3.05, 3.63) is 43.5 Å². The lowest BCUT2D eigenvalue weighted by atomic mass is 9.88. The van der Waals surface area contributed by atoms with Crippen LogP contribution in [0.5, 0.6) is 0 Å². The lowest BCUT2D eigenvalue weighted by molar-refractivity contribution is 0.0886. The minimum atomic E-state index is -0.536. The highest BCUT2D eigenvalue weighted by atomic mass is 79.9. The molecular formula is C12H9BrClN3OS. The van der Waals surface area contributed by atoms with Crippen LogP contribution in [0.3, 0.4) is 0 Å². The van der Waals surface area contributed by atoms with E-state index in [1.54, 1.807) is 6.20 Å². The fraction of sp³-hybridized carbons (Fsp3) is 0.250. The van der Waals surface area contributed by atoms with Gasteiger partial charge in [-0.15, -0.1) is 11.3 Å². The van der Waals surface area contributed by atoms with Gasteiger partial charge in [0.15, 0.2) is 0 Å². The van der Waals surface area contributed by atoms with Crippen LogP contribution in [0.2, 0.25) is 5.02 Å². The van der Waals surface area contributed by atoms with Crippen molar-refractivity contribution in [1.29, 1.82) is 0 Å². The minimum absolute atomic E-state index is 0.162. The van der Waals surface area contributed by atoms with Crippen LogP contribution in [0.4, 0.5) is 0 Å². The van der Waals surface area contributed by atoms with Crippen LogP contribution in [-0.4, -0.2) is 15.9 Å². The molecule has 1 aliphatic rings. The van der Waals surface area contributed by atoms with Crippen molar-refractivity contribution in [1.82, 2.24) is 15.3 Å². The maximum Gasteiger partial charge on any atom is 0.255 e. The van der Waals surface area contributed by atoms with E-state index in [4.69, 9.17) is 11.6 Å². The van der Waals surface area contributed by atoms with Crippen molar-refractivity contribution in [3.63, 3.8) is 0 Å². The lowest BCUT2D eigenvalue weighted by Gasteiger charge is -2.34. The van der Waals surface area contributed by atoms with E-state index in [-0.39, 0.29) is 5.91 Å². The quantitative estimate of drug-likeness (QED) is 0.852. The Morgan fingerprint density at radius 3 is 3.05 bits per heavy atom. The molecule has 1 amide bonds. The number of hydrogen-bond acceptors (Lipinski definition) is 4. The zero-order chi connectivity index (χ0) is 13.6. The summed E-state index contributed by atoms with van der Waals surface area (Å²) in [5, 5.41) is 3.66. The van der Waals surface area contributed by atoms with E-state index < -0.39 is 5.54 Å². The molecule has 4 nitrogen and oxygen atoms in total. The van der Waals surface area contributed by atoms with Gasteiger partial charge >= 0.3 is 0 Å². The number of thiophene rings is 1. The van der Waals surface area contributed by atoms with Gasteiger partial charge in [0.1, 0.15) is 6.33 Å². The molecular weight excluding hydrogens is 350 g/mol. The van der Waals surface area contributed by atoms with Gasteiger partial charge in [0, 0.05) is 17.5 Å². The number of nitrogens with zero attached hydrogens (tertiary/aromatic N) is 2. The van der Waals surface area contributed by atoms with Crippen LogP contribution in [0.15, 0.2) is 22.4 Å². The lowest BCUT2D eigenvalue weighted by Crippen LogP contribution is -2.49. The van der Waals surface area contributed by atoms with Crippen LogP contribution in [0.25, 0.3) is 0 Å². The topological polar surface area (TPSA) is 54.9 Å². The SMILES string of the molecule is CC1(c2sc(Br)cc2Cl)Cc2ncncc2C(=O)N1. The highest BCUT2D eigenvalue weighted by Gasteiger charge is 2.38. The van der Waals surface area contributed by atoms with Gasteiger partial charge in [-0.25, -0.2) is 9.97 Å². The van der Waals surface area contributed by atoms with Gasteiger partial charge in [0.25, 0.3) is 5.91 Å². The average molecular weight is 359 g/mol. The van der Waals surface area contributed by atoms with E-state index in [0.29, 0.717) is 17.0 Å². The number of carbonyl (C=O) groups is 1. The summed E-state index contributed by atoms with van der Waals surface area (Å²) in [6.07, 6.45) is 3.61. The Bertz CT molecular complexity index is 675. The van der Waals surface area contributed by atoms with Crippen LogP contribution in [0.1, 0.15) is 27.9 Å².